The zero-order chi connectivity index (χ0) is 14.6. The van der Waals surface area contributed by atoms with E-state index in [1.807, 2.05) is 0 Å². The maximum Gasteiger partial charge on any atom is 0.341 e. The lowest BCUT2D eigenvalue weighted by Crippen LogP contribution is -2.13. The van der Waals surface area contributed by atoms with Gasteiger partial charge in [0.05, 0.1) is 11.3 Å². The Morgan fingerprint density at radius 1 is 1.37 bits per heavy atom. The highest BCUT2D eigenvalue weighted by Gasteiger charge is 2.29. The van der Waals surface area contributed by atoms with E-state index in [2.05, 4.69) is 0 Å². The molecule has 0 radical (unpaired) electrons. The summed E-state index contributed by atoms with van der Waals surface area (Å²) in [4.78, 5) is 10.2. The molecule has 0 bridgehead atoms. The monoisotopic (exact) mass is 310 g/mol. The summed E-state index contributed by atoms with van der Waals surface area (Å²) in [5.74, 6) is -4.53. The number of sulfone groups is 1. The molecule has 4 nitrogen and oxygen atoms in total. The van der Waals surface area contributed by atoms with Crippen molar-refractivity contribution in [3.05, 3.63) is 24.3 Å². The lowest BCUT2D eigenvalue weighted by molar-refractivity contribution is -0.136. The van der Waals surface area contributed by atoms with Crippen molar-refractivity contribution in [3.8, 4) is 0 Å². The van der Waals surface area contributed by atoms with E-state index in [4.69, 9.17) is 5.11 Å². The lowest BCUT2D eigenvalue weighted by atomic mass is 10.3. The number of hydrogen-bond acceptors (Lipinski definition) is 4. The summed E-state index contributed by atoms with van der Waals surface area (Å²) in [5.41, 5.74) is 0. The van der Waals surface area contributed by atoms with Crippen molar-refractivity contribution < 1.29 is 27.1 Å². The summed E-state index contributed by atoms with van der Waals surface area (Å²) < 4.78 is 48.0. The summed E-state index contributed by atoms with van der Waals surface area (Å²) in [5, 5.41) is 8.20. The smallest absolute Gasteiger partial charge is 0.341 e. The number of halogens is 2. The van der Waals surface area contributed by atoms with Crippen molar-refractivity contribution in [1.29, 1.82) is 0 Å². The van der Waals surface area contributed by atoms with Crippen LogP contribution in [0.1, 0.15) is 13.3 Å². The number of carbonyl (C=O) groups is 1. The van der Waals surface area contributed by atoms with Gasteiger partial charge in [-0.2, -0.15) is 8.78 Å². The molecule has 0 aliphatic carbocycles. The number of aliphatic carboxylic acids is 1. The van der Waals surface area contributed by atoms with Crippen LogP contribution in [0.2, 0.25) is 0 Å². The van der Waals surface area contributed by atoms with Crippen LogP contribution in [0.15, 0.2) is 34.1 Å². The van der Waals surface area contributed by atoms with Crippen LogP contribution in [0, 0.1) is 0 Å². The number of benzene rings is 1. The molecule has 19 heavy (non-hydrogen) atoms. The first kappa shape index (κ1) is 15.9. The molecular formula is C11H12F2O4S2. The van der Waals surface area contributed by atoms with E-state index in [-0.39, 0.29) is 11.3 Å². The highest BCUT2D eigenvalue weighted by molar-refractivity contribution is 8.00. The highest BCUT2D eigenvalue weighted by atomic mass is 32.2. The van der Waals surface area contributed by atoms with Gasteiger partial charge in [-0.05, 0) is 12.1 Å². The van der Waals surface area contributed by atoms with Crippen molar-refractivity contribution in [2.75, 3.05) is 0 Å². The first-order valence-corrected chi connectivity index (χ1v) is 7.67. The van der Waals surface area contributed by atoms with Crippen LogP contribution in [-0.4, -0.2) is 30.5 Å². The SMILES string of the molecule is CC(CC(=O)O)Sc1ccccc1S(=O)(=O)C(F)F. The number of rotatable bonds is 6. The van der Waals surface area contributed by atoms with Gasteiger partial charge in [0.1, 0.15) is 0 Å². The largest absolute Gasteiger partial charge is 0.481 e. The Bertz CT molecular complexity index is 558. The van der Waals surface area contributed by atoms with Crippen molar-refractivity contribution in [2.45, 2.75) is 34.1 Å². The zero-order valence-corrected chi connectivity index (χ0v) is 11.5. The third-order valence-corrected chi connectivity index (χ3v) is 4.93. The molecule has 0 saturated carbocycles. The fourth-order valence-electron chi connectivity index (χ4n) is 1.38. The fourth-order valence-corrected chi connectivity index (χ4v) is 3.69. The molecule has 1 aromatic carbocycles. The van der Waals surface area contributed by atoms with E-state index >= 15 is 0 Å². The molecule has 0 saturated heterocycles. The Hall–Kier alpha value is -1.15. The van der Waals surface area contributed by atoms with E-state index in [9.17, 15) is 22.0 Å². The Labute approximate surface area is 113 Å². The van der Waals surface area contributed by atoms with E-state index in [1.54, 1.807) is 6.92 Å². The fraction of sp³-hybridized carbons (Fsp3) is 0.364. The molecule has 1 rings (SSSR count). The molecule has 106 valence electrons. The molecule has 1 atom stereocenters. The summed E-state index contributed by atoms with van der Waals surface area (Å²) in [7, 11) is -4.68. The standard InChI is InChI=1S/C11H12F2O4S2/c1-7(6-10(14)15)18-8-4-2-3-5-9(8)19(16,17)11(12)13/h2-5,7,11H,6H2,1H3,(H,14,15). The minimum absolute atomic E-state index is 0.136. The quantitative estimate of drug-likeness (QED) is 0.818. The molecule has 0 amide bonds. The maximum absolute atomic E-state index is 12.5. The Kier molecular flexibility index (Phi) is 5.30. The van der Waals surface area contributed by atoms with Crippen LogP contribution in [0.5, 0.6) is 0 Å². The molecule has 8 heteroatoms. The minimum atomic E-state index is -4.68. The summed E-state index contributed by atoms with van der Waals surface area (Å²) >= 11 is 0.949. The van der Waals surface area contributed by atoms with Crippen LogP contribution < -0.4 is 0 Å². The Balaban J connectivity index is 3.07. The van der Waals surface area contributed by atoms with Crippen molar-refractivity contribution in [2.24, 2.45) is 0 Å². The van der Waals surface area contributed by atoms with Gasteiger partial charge >= 0.3 is 11.7 Å². The van der Waals surface area contributed by atoms with Gasteiger partial charge in [-0.15, -0.1) is 11.8 Å². The van der Waals surface area contributed by atoms with E-state index in [0.717, 1.165) is 17.8 Å². The second kappa shape index (κ2) is 6.33. The predicted octanol–water partition coefficient (Wildman–Crippen LogP) is 2.64. The first-order valence-electron chi connectivity index (χ1n) is 5.24. The Morgan fingerprint density at radius 2 is 1.95 bits per heavy atom. The molecule has 0 fully saturated rings. The van der Waals surface area contributed by atoms with Crippen LogP contribution in [0.3, 0.4) is 0 Å². The number of alkyl halides is 2. The van der Waals surface area contributed by atoms with E-state index in [1.165, 1.54) is 18.2 Å². The summed E-state index contributed by atoms with van der Waals surface area (Å²) in [6.07, 6.45) is -0.187. The van der Waals surface area contributed by atoms with Crippen LogP contribution >= 0.6 is 11.8 Å². The average Bonchev–Trinajstić information content (AvgIpc) is 2.27. The molecule has 1 aromatic rings. The third kappa shape index (κ3) is 4.17. The number of thioether (sulfide) groups is 1. The van der Waals surface area contributed by atoms with Gasteiger partial charge < -0.3 is 5.11 Å². The molecule has 0 aliphatic rings. The first-order chi connectivity index (χ1) is 8.75. The maximum atomic E-state index is 12.5. The zero-order valence-electron chi connectivity index (χ0n) is 9.92. The summed E-state index contributed by atoms with van der Waals surface area (Å²) in [6.45, 7) is 1.59. The topological polar surface area (TPSA) is 71.4 Å². The molecule has 0 spiro atoms. The molecule has 0 aliphatic heterocycles. The predicted molar refractivity (Wildman–Crippen MR) is 67.2 cm³/mol. The molecule has 0 heterocycles. The van der Waals surface area contributed by atoms with Crippen LogP contribution in [0.25, 0.3) is 0 Å². The normalized spacial score (nSPS) is 13.5. The van der Waals surface area contributed by atoms with Crippen LogP contribution in [-0.2, 0) is 14.6 Å². The molecule has 1 N–H and O–H groups in total. The van der Waals surface area contributed by atoms with Gasteiger partial charge in [-0.25, -0.2) is 8.42 Å². The van der Waals surface area contributed by atoms with Crippen LogP contribution in [0.4, 0.5) is 8.78 Å². The summed E-state index contributed by atoms with van der Waals surface area (Å²) in [6, 6.07) is 5.34. The van der Waals surface area contributed by atoms with E-state index < -0.39 is 31.7 Å². The number of carboxylic acids is 1. The molecule has 0 aromatic heterocycles. The minimum Gasteiger partial charge on any atom is -0.481 e. The van der Waals surface area contributed by atoms with Crippen molar-refractivity contribution in [3.63, 3.8) is 0 Å². The molecule has 1 unspecified atom stereocenters. The van der Waals surface area contributed by atoms with Gasteiger partial charge in [-0.1, -0.05) is 19.1 Å². The van der Waals surface area contributed by atoms with Gasteiger partial charge in [0.15, 0.2) is 0 Å². The Morgan fingerprint density at radius 3 is 2.47 bits per heavy atom. The van der Waals surface area contributed by atoms with Gasteiger partial charge in [0, 0.05) is 10.1 Å². The van der Waals surface area contributed by atoms with Gasteiger partial charge in [0.25, 0.3) is 0 Å². The van der Waals surface area contributed by atoms with Gasteiger partial charge in [-0.3, -0.25) is 4.79 Å². The van der Waals surface area contributed by atoms with Crippen molar-refractivity contribution >= 4 is 27.6 Å². The highest BCUT2D eigenvalue weighted by Crippen LogP contribution is 2.33. The second-order valence-corrected chi connectivity index (χ2v) is 7.15. The van der Waals surface area contributed by atoms with E-state index in [0.29, 0.717) is 0 Å². The third-order valence-electron chi connectivity index (χ3n) is 2.18. The van der Waals surface area contributed by atoms with Gasteiger partial charge in [0.2, 0.25) is 9.84 Å². The number of carboxylic acid groups (broad SMARTS) is 1. The van der Waals surface area contributed by atoms with Crippen molar-refractivity contribution in [1.82, 2.24) is 0 Å². The average molecular weight is 310 g/mol. The second-order valence-electron chi connectivity index (χ2n) is 3.78. The number of hydrogen-bond donors (Lipinski definition) is 1. The lowest BCUT2D eigenvalue weighted by Gasteiger charge is -2.12. The molecular weight excluding hydrogens is 298 g/mol.